The normalized spacial score (nSPS) is 15.1. The highest BCUT2D eigenvalue weighted by Gasteiger charge is 2.32. The average molecular weight is 247 g/mol. The molecule has 0 aliphatic heterocycles. The standard InChI is InChI=1S/C12H25NO2S/c1-5-8-16-9-6-7-12(4,11(14)15)13-10(2)3/h10,13H,5-9H2,1-4H3,(H,14,15). The third-order valence-corrected chi connectivity index (χ3v) is 3.67. The monoisotopic (exact) mass is 247 g/mol. The Kier molecular flexibility index (Phi) is 7.85. The van der Waals surface area contributed by atoms with E-state index >= 15 is 0 Å². The Hall–Kier alpha value is -0.220. The first kappa shape index (κ1) is 15.8. The predicted molar refractivity (Wildman–Crippen MR) is 71.2 cm³/mol. The molecule has 0 aliphatic rings. The number of carboxylic acid groups (broad SMARTS) is 1. The second-order valence-electron chi connectivity index (χ2n) is 4.65. The molecule has 0 saturated carbocycles. The van der Waals surface area contributed by atoms with Crippen molar-refractivity contribution >= 4 is 17.7 Å². The molecule has 0 aliphatic carbocycles. The highest BCUT2D eigenvalue weighted by Crippen LogP contribution is 2.16. The second-order valence-corrected chi connectivity index (χ2v) is 5.88. The summed E-state index contributed by atoms with van der Waals surface area (Å²) in [5.41, 5.74) is -0.777. The van der Waals surface area contributed by atoms with E-state index in [1.165, 1.54) is 12.2 Å². The summed E-state index contributed by atoms with van der Waals surface area (Å²) in [4.78, 5) is 11.2. The van der Waals surface area contributed by atoms with Gasteiger partial charge < -0.3 is 5.11 Å². The molecule has 0 aromatic rings. The summed E-state index contributed by atoms with van der Waals surface area (Å²) < 4.78 is 0. The van der Waals surface area contributed by atoms with Gasteiger partial charge in [-0.25, -0.2) is 0 Å². The molecule has 0 aromatic heterocycles. The Labute approximate surface area is 103 Å². The number of aliphatic carboxylic acids is 1. The zero-order valence-electron chi connectivity index (χ0n) is 10.9. The Morgan fingerprint density at radius 1 is 1.44 bits per heavy atom. The van der Waals surface area contributed by atoms with E-state index in [4.69, 9.17) is 0 Å². The SMILES string of the molecule is CCCSCCCC(C)(NC(C)C)C(=O)O. The zero-order valence-corrected chi connectivity index (χ0v) is 11.7. The molecular weight excluding hydrogens is 222 g/mol. The van der Waals surface area contributed by atoms with Crippen molar-refractivity contribution in [2.45, 2.75) is 58.5 Å². The highest BCUT2D eigenvalue weighted by molar-refractivity contribution is 7.99. The molecule has 0 spiro atoms. The highest BCUT2D eigenvalue weighted by atomic mass is 32.2. The molecule has 1 unspecified atom stereocenters. The smallest absolute Gasteiger partial charge is 0.323 e. The lowest BCUT2D eigenvalue weighted by molar-refractivity contribution is -0.144. The number of thioether (sulfide) groups is 1. The summed E-state index contributed by atoms with van der Waals surface area (Å²) >= 11 is 1.90. The molecule has 96 valence electrons. The molecule has 0 aromatic carbocycles. The van der Waals surface area contributed by atoms with Gasteiger partial charge in [0.05, 0.1) is 0 Å². The number of hydrogen-bond donors (Lipinski definition) is 2. The van der Waals surface area contributed by atoms with E-state index in [0.717, 1.165) is 12.2 Å². The Bertz CT molecular complexity index is 209. The maximum Gasteiger partial charge on any atom is 0.323 e. The molecule has 4 heteroatoms. The molecule has 3 nitrogen and oxygen atoms in total. The number of hydrogen-bond acceptors (Lipinski definition) is 3. The molecule has 0 radical (unpaired) electrons. The van der Waals surface area contributed by atoms with Crippen LogP contribution in [0.1, 0.15) is 47.0 Å². The fourth-order valence-corrected chi connectivity index (χ4v) is 2.49. The maximum absolute atomic E-state index is 11.2. The van der Waals surface area contributed by atoms with Crippen LogP contribution in [0.25, 0.3) is 0 Å². The van der Waals surface area contributed by atoms with Crippen LogP contribution in [-0.2, 0) is 4.79 Å². The van der Waals surface area contributed by atoms with Gasteiger partial charge in [-0.15, -0.1) is 0 Å². The van der Waals surface area contributed by atoms with Crippen molar-refractivity contribution < 1.29 is 9.90 Å². The molecule has 0 saturated heterocycles. The summed E-state index contributed by atoms with van der Waals surface area (Å²) in [5, 5.41) is 12.4. The third kappa shape index (κ3) is 6.38. The van der Waals surface area contributed by atoms with Crippen LogP contribution >= 0.6 is 11.8 Å². The van der Waals surface area contributed by atoms with Crippen LogP contribution in [0, 0.1) is 0 Å². The van der Waals surface area contributed by atoms with Gasteiger partial charge in [-0.05, 0) is 51.5 Å². The molecule has 0 bridgehead atoms. The van der Waals surface area contributed by atoms with Gasteiger partial charge >= 0.3 is 5.97 Å². The van der Waals surface area contributed by atoms with Crippen molar-refractivity contribution in [1.82, 2.24) is 5.32 Å². The maximum atomic E-state index is 11.2. The zero-order chi connectivity index (χ0) is 12.6. The minimum Gasteiger partial charge on any atom is -0.480 e. The van der Waals surface area contributed by atoms with Gasteiger partial charge in [-0.2, -0.15) is 11.8 Å². The Morgan fingerprint density at radius 2 is 2.06 bits per heavy atom. The van der Waals surface area contributed by atoms with Gasteiger partial charge in [-0.1, -0.05) is 6.92 Å². The number of nitrogens with one attached hydrogen (secondary N) is 1. The van der Waals surface area contributed by atoms with Crippen LogP contribution in [0.15, 0.2) is 0 Å². The Balaban J connectivity index is 3.98. The molecule has 16 heavy (non-hydrogen) atoms. The van der Waals surface area contributed by atoms with Crippen LogP contribution in [0.3, 0.4) is 0 Å². The van der Waals surface area contributed by atoms with E-state index in [2.05, 4.69) is 12.2 Å². The lowest BCUT2D eigenvalue weighted by Crippen LogP contribution is -2.52. The summed E-state index contributed by atoms with van der Waals surface area (Å²) in [6.07, 6.45) is 2.83. The molecule has 0 heterocycles. The average Bonchev–Trinajstić information content (AvgIpc) is 2.16. The summed E-state index contributed by atoms with van der Waals surface area (Å²) in [6, 6.07) is 0.199. The van der Waals surface area contributed by atoms with Crippen LogP contribution in [0.4, 0.5) is 0 Å². The van der Waals surface area contributed by atoms with Gasteiger partial charge in [0.15, 0.2) is 0 Å². The first-order chi connectivity index (χ1) is 7.42. The quantitative estimate of drug-likeness (QED) is 0.615. The van der Waals surface area contributed by atoms with Gasteiger partial charge in [0.25, 0.3) is 0 Å². The fourth-order valence-electron chi connectivity index (χ4n) is 1.65. The van der Waals surface area contributed by atoms with E-state index in [9.17, 15) is 9.90 Å². The topological polar surface area (TPSA) is 49.3 Å². The van der Waals surface area contributed by atoms with E-state index in [1.54, 1.807) is 6.92 Å². The van der Waals surface area contributed by atoms with Crippen LogP contribution < -0.4 is 5.32 Å². The molecule has 0 fully saturated rings. The van der Waals surface area contributed by atoms with Gasteiger partial charge in [0.1, 0.15) is 5.54 Å². The number of carboxylic acids is 1. The number of carbonyl (C=O) groups is 1. The van der Waals surface area contributed by atoms with Crippen molar-refractivity contribution in [2.24, 2.45) is 0 Å². The molecule has 0 rings (SSSR count). The van der Waals surface area contributed by atoms with Crippen LogP contribution in [0.5, 0.6) is 0 Å². The van der Waals surface area contributed by atoms with E-state index in [1.807, 2.05) is 25.6 Å². The summed E-state index contributed by atoms with van der Waals surface area (Å²) in [7, 11) is 0. The number of rotatable bonds is 9. The van der Waals surface area contributed by atoms with E-state index in [0.29, 0.717) is 6.42 Å². The minimum atomic E-state index is -0.777. The summed E-state index contributed by atoms with van der Waals surface area (Å²) in [6.45, 7) is 7.90. The molecule has 1 atom stereocenters. The van der Waals surface area contributed by atoms with Crippen molar-refractivity contribution in [3.63, 3.8) is 0 Å². The van der Waals surface area contributed by atoms with Crippen LogP contribution in [-0.4, -0.2) is 34.2 Å². The third-order valence-electron chi connectivity index (χ3n) is 2.39. The largest absolute Gasteiger partial charge is 0.480 e. The first-order valence-corrected chi connectivity index (χ1v) is 7.16. The van der Waals surface area contributed by atoms with Crippen molar-refractivity contribution in [1.29, 1.82) is 0 Å². The second kappa shape index (κ2) is 7.96. The lowest BCUT2D eigenvalue weighted by Gasteiger charge is -2.28. The minimum absolute atomic E-state index is 0.199. The van der Waals surface area contributed by atoms with Crippen LogP contribution in [0.2, 0.25) is 0 Å². The molecule has 2 N–H and O–H groups in total. The predicted octanol–water partition coefficient (Wildman–Crippen LogP) is 2.75. The lowest BCUT2D eigenvalue weighted by atomic mass is 9.95. The fraction of sp³-hybridized carbons (Fsp3) is 0.917. The van der Waals surface area contributed by atoms with Gasteiger partial charge in [0.2, 0.25) is 0 Å². The summed E-state index contributed by atoms with van der Waals surface area (Å²) in [5.74, 6) is 1.47. The van der Waals surface area contributed by atoms with Gasteiger partial charge in [-0.3, -0.25) is 10.1 Å². The van der Waals surface area contributed by atoms with Crippen molar-refractivity contribution in [3.8, 4) is 0 Å². The first-order valence-electron chi connectivity index (χ1n) is 6.01. The van der Waals surface area contributed by atoms with E-state index < -0.39 is 11.5 Å². The van der Waals surface area contributed by atoms with Crippen molar-refractivity contribution in [2.75, 3.05) is 11.5 Å². The van der Waals surface area contributed by atoms with E-state index in [-0.39, 0.29) is 6.04 Å². The molecule has 0 amide bonds. The van der Waals surface area contributed by atoms with Crippen molar-refractivity contribution in [3.05, 3.63) is 0 Å². The molecular formula is C12H25NO2S. The Morgan fingerprint density at radius 3 is 2.50 bits per heavy atom. The van der Waals surface area contributed by atoms with Gasteiger partial charge in [0, 0.05) is 6.04 Å².